The van der Waals surface area contributed by atoms with Gasteiger partial charge in [-0.2, -0.15) is 0 Å². The van der Waals surface area contributed by atoms with Crippen LogP contribution in [-0.2, 0) is 0 Å². The standard InChI is InChI=1S/C15H13BrN2O3/c1-8-2-3-9(6-13(8)17)14(19)18-12-5-10(15(20)21)4-11(16)7-12/h2-7H,17H2,1H3,(H,18,19)(H,20,21). The first kappa shape index (κ1) is 15.1. The molecule has 0 aliphatic carbocycles. The van der Waals surface area contributed by atoms with Crippen molar-refractivity contribution < 1.29 is 14.7 Å². The van der Waals surface area contributed by atoms with Gasteiger partial charge < -0.3 is 16.2 Å². The Kier molecular flexibility index (Phi) is 4.28. The quantitative estimate of drug-likeness (QED) is 0.742. The molecule has 0 spiro atoms. The van der Waals surface area contributed by atoms with Gasteiger partial charge in [0.2, 0.25) is 0 Å². The number of carbonyl (C=O) groups is 2. The average molecular weight is 349 g/mol. The molecule has 0 atom stereocenters. The van der Waals surface area contributed by atoms with Gasteiger partial charge in [0.25, 0.3) is 5.91 Å². The molecule has 2 rings (SSSR count). The van der Waals surface area contributed by atoms with Crippen LogP contribution in [0.25, 0.3) is 0 Å². The highest BCUT2D eigenvalue weighted by Crippen LogP contribution is 2.21. The number of carboxylic acid groups (broad SMARTS) is 1. The lowest BCUT2D eigenvalue weighted by Gasteiger charge is -2.08. The Morgan fingerprint density at radius 1 is 1.14 bits per heavy atom. The van der Waals surface area contributed by atoms with Gasteiger partial charge in [0.1, 0.15) is 0 Å². The molecule has 0 heterocycles. The minimum Gasteiger partial charge on any atom is -0.478 e. The SMILES string of the molecule is Cc1ccc(C(=O)Nc2cc(Br)cc(C(=O)O)c2)cc1N. The third-order valence-electron chi connectivity index (χ3n) is 2.94. The summed E-state index contributed by atoms with van der Waals surface area (Å²) in [6, 6.07) is 9.48. The molecular weight excluding hydrogens is 336 g/mol. The molecule has 5 nitrogen and oxygen atoms in total. The van der Waals surface area contributed by atoms with Gasteiger partial charge in [-0.15, -0.1) is 0 Å². The number of aromatic carboxylic acids is 1. The molecule has 2 aromatic carbocycles. The van der Waals surface area contributed by atoms with Crippen molar-refractivity contribution in [3.05, 3.63) is 57.6 Å². The second-order valence-electron chi connectivity index (χ2n) is 4.56. The third-order valence-corrected chi connectivity index (χ3v) is 3.40. The predicted octanol–water partition coefficient (Wildman–Crippen LogP) is 3.29. The topological polar surface area (TPSA) is 92.4 Å². The smallest absolute Gasteiger partial charge is 0.335 e. The van der Waals surface area contributed by atoms with Crippen molar-refractivity contribution in [2.24, 2.45) is 0 Å². The van der Waals surface area contributed by atoms with Crippen LogP contribution in [0.15, 0.2) is 40.9 Å². The van der Waals surface area contributed by atoms with E-state index < -0.39 is 5.97 Å². The van der Waals surface area contributed by atoms with Crippen molar-refractivity contribution in [2.45, 2.75) is 6.92 Å². The summed E-state index contributed by atoms with van der Waals surface area (Å²) in [4.78, 5) is 23.1. The van der Waals surface area contributed by atoms with Crippen LogP contribution in [0, 0.1) is 6.92 Å². The number of nitrogens with one attached hydrogen (secondary N) is 1. The van der Waals surface area contributed by atoms with Gasteiger partial charge in [-0.05, 0) is 42.8 Å². The molecule has 0 aliphatic rings. The highest BCUT2D eigenvalue weighted by Gasteiger charge is 2.10. The van der Waals surface area contributed by atoms with Crippen LogP contribution in [0.5, 0.6) is 0 Å². The van der Waals surface area contributed by atoms with Crippen LogP contribution in [0.1, 0.15) is 26.3 Å². The summed E-state index contributed by atoms with van der Waals surface area (Å²) in [7, 11) is 0. The molecule has 0 fully saturated rings. The third kappa shape index (κ3) is 3.61. The zero-order chi connectivity index (χ0) is 15.6. The lowest BCUT2D eigenvalue weighted by Crippen LogP contribution is -2.13. The molecule has 2 aromatic rings. The fourth-order valence-electron chi connectivity index (χ4n) is 1.77. The highest BCUT2D eigenvalue weighted by molar-refractivity contribution is 9.10. The first-order chi connectivity index (χ1) is 9.86. The number of nitrogen functional groups attached to an aromatic ring is 1. The Balaban J connectivity index is 2.27. The second-order valence-corrected chi connectivity index (χ2v) is 5.47. The number of hydrogen-bond acceptors (Lipinski definition) is 3. The maximum absolute atomic E-state index is 12.1. The molecule has 0 aromatic heterocycles. The number of carbonyl (C=O) groups excluding carboxylic acids is 1. The van der Waals surface area contributed by atoms with Crippen molar-refractivity contribution in [2.75, 3.05) is 11.1 Å². The van der Waals surface area contributed by atoms with Gasteiger partial charge in [-0.3, -0.25) is 4.79 Å². The maximum Gasteiger partial charge on any atom is 0.335 e. The molecule has 108 valence electrons. The molecule has 0 saturated heterocycles. The van der Waals surface area contributed by atoms with Gasteiger partial charge in [-0.25, -0.2) is 4.79 Å². The van der Waals surface area contributed by atoms with E-state index in [1.54, 1.807) is 24.3 Å². The van der Waals surface area contributed by atoms with Gasteiger partial charge >= 0.3 is 5.97 Å². The molecule has 21 heavy (non-hydrogen) atoms. The van der Waals surface area contributed by atoms with Crippen LogP contribution >= 0.6 is 15.9 Å². The number of aryl methyl sites for hydroxylation is 1. The van der Waals surface area contributed by atoms with Crippen molar-refractivity contribution in [3.8, 4) is 0 Å². The number of carboxylic acids is 1. The largest absolute Gasteiger partial charge is 0.478 e. The van der Waals surface area contributed by atoms with Crippen molar-refractivity contribution >= 4 is 39.2 Å². The zero-order valence-electron chi connectivity index (χ0n) is 11.2. The summed E-state index contributed by atoms with van der Waals surface area (Å²) in [6.45, 7) is 1.85. The fourth-order valence-corrected chi connectivity index (χ4v) is 2.26. The Hall–Kier alpha value is -2.34. The number of amides is 1. The van der Waals surface area contributed by atoms with Gasteiger partial charge in [-0.1, -0.05) is 22.0 Å². The van der Waals surface area contributed by atoms with Crippen LogP contribution in [-0.4, -0.2) is 17.0 Å². The van der Waals surface area contributed by atoms with Gasteiger partial charge in [0, 0.05) is 21.4 Å². The lowest BCUT2D eigenvalue weighted by atomic mass is 10.1. The number of hydrogen-bond donors (Lipinski definition) is 3. The predicted molar refractivity (Wildman–Crippen MR) is 84.6 cm³/mol. The zero-order valence-corrected chi connectivity index (χ0v) is 12.8. The van der Waals surface area contributed by atoms with Crippen LogP contribution in [0.2, 0.25) is 0 Å². The molecule has 6 heteroatoms. The molecule has 1 amide bonds. The number of benzene rings is 2. The van der Waals surface area contributed by atoms with Crippen molar-refractivity contribution in [1.29, 1.82) is 0 Å². The van der Waals surface area contributed by atoms with Crippen LogP contribution in [0.3, 0.4) is 0 Å². The fraction of sp³-hybridized carbons (Fsp3) is 0.0667. The Bertz CT molecular complexity index is 729. The monoisotopic (exact) mass is 348 g/mol. The summed E-state index contributed by atoms with van der Waals surface area (Å²) in [5.74, 6) is -1.41. The van der Waals surface area contributed by atoms with E-state index in [9.17, 15) is 9.59 Å². The Morgan fingerprint density at radius 2 is 1.86 bits per heavy atom. The van der Waals surface area contributed by atoms with Crippen LogP contribution in [0.4, 0.5) is 11.4 Å². The summed E-state index contributed by atoms with van der Waals surface area (Å²) < 4.78 is 0.570. The van der Waals surface area contributed by atoms with Crippen molar-refractivity contribution in [3.63, 3.8) is 0 Å². The molecule has 0 bridgehead atoms. The molecule has 0 radical (unpaired) electrons. The molecular formula is C15H13BrN2O3. The summed E-state index contributed by atoms with van der Waals surface area (Å²) in [5, 5.41) is 11.7. The number of anilines is 2. The number of nitrogens with two attached hydrogens (primary N) is 1. The van der Waals surface area contributed by atoms with E-state index in [0.717, 1.165) is 5.56 Å². The van der Waals surface area contributed by atoms with E-state index in [1.807, 2.05) is 6.92 Å². The first-order valence-corrected chi connectivity index (χ1v) is 6.87. The number of halogens is 1. The van der Waals surface area contributed by atoms with E-state index in [1.165, 1.54) is 12.1 Å². The normalized spacial score (nSPS) is 10.2. The highest BCUT2D eigenvalue weighted by atomic mass is 79.9. The average Bonchev–Trinajstić information content (AvgIpc) is 2.41. The Labute approximate surface area is 129 Å². The van der Waals surface area contributed by atoms with E-state index in [4.69, 9.17) is 10.8 Å². The maximum atomic E-state index is 12.1. The van der Waals surface area contributed by atoms with Crippen molar-refractivity contribution in [1.82, 2.24) is 0 Å². The first-order valence-electron chi connectivity index (χ1n) is 6.08. The van der Waals surface area contributed by atoms with E-state index in [0.29, 0.717) is 21.4 Å². The van der Waals surface area contributed by atoms with E-state index in [-0.39, 0.29) is 11.5 Å². The molecule has 0 saturated carbocycles. The Morgan fingerprint density at radius 3 is 2.48 bits per heavy atom. The minimum absolute atomic E-state index is 0.0862. The van der Waals surface area contributed by atoms with E-state index >= 15 is 0 Å². The second kappa shape index (κ2) is 5.97. The van der Waals surface area contributed by atoms with E-state index in [2.05, 4.69) is 21.2 Å². The van der Waals surface area contributed by atoms with Gasteiger partial charge in [0.05, 0.1) is 5.56 Å². The summed E-state index contributed by atoms with van der Waals surface area (Å²) in [5.41, 5.74) is 8.09. The summed E-state index contributed by atoms with van der Waals surface area (Å²) in [6.07, 6.45) is 0. The summed E-state index contributed by atoms with van der Waals surface area (Å²) >= 11 is 3.21. The minimum atomic E-state index is -1.06. The van der Waals surface area contributed by atoms with Gasteiger partial charge in [0.15, 0.2) is 0 Å². The number of rotatable bonds is 3. The van der Waals surface area contributed by atoms with Crippen LogP contribution < -0.4 is 11.1 Å². The molecule has 4 N–H and O–H groups in total. The molecule has 0 aliphatic heterocycles. The molecule has 0 unspecified atom stereocenters. The lowest BCUT2D eigenvalue weighted by molar-refractivity contribution is 0.0696.